The summed E-state index contributed by atoms with van der Waals surface area (Å²) in [5.41, 5.74) is 4.27. The zero-order chi connectivity index (χ0) is 23.5. The van der Waals surface area contributed by atoms with E-state index >= 15 is 0 Å². The number of anilines is 2. The number of halogens is 1. The standard InChI is InChI=1S/C27H25ClN2O3/c1-4-15-33-22-13-8-19(9-14-22)24-25(29-20-10-7-18(3)23(28)16-20)27(32)30(26(24)31)21-11-5-17(2)6-12-21/h5-14,16,29H,4,15H2,1-3H3. The van der Waals surface area contributed by atoms with E-state index in [1.54, 1.807) is 30.3 Å². The number of hydrogen-bond donors (Lipinski definition) is 1. The van der Waals surface area contributed by atoms with Crippen LogP contribution in [-0.2, 0) is 9.59 Å². The number of aryl methyl sites for hydroxylation is 2. The van der Waals surface area contributed by atoms with Crippen LogP contribution in [0.15, 0.2) is 72.4 Å². The van der Waals surface area contributed by atoms with E-state index in [0.29, 0.717) is 39.9 Å². The molecule has 0 radical (unpaired) electrons. The number of nitrogens with zero attached hydrogens (tertiary/aromatic N) is 1. The quantitative estimate of drug-likeness (QED) is 0.430. The van der Waals surface area contributed by atoms with Gasteiger partial charge in [-0.2, -0.15) is 0 Å². The molecule has 1 aliphatic heterocycles. The van der Waals surface area contributed by atoms with Gasteiger partial charge in [-0.3, -0.25) is 9.59 Å². The first-order valence-electron chi connectivity index (χ1n) is 10.8. The largest absolute Gasteiger partial charge is 0.494 e. The number of imide groups is 1. The predicted molar refractivity (Wildman–Crippen MR) is 133 cm³/mol. The fourth-order valence-corrected chi connectivity index (χ4v) is 3.78. The highest BCUT2D eigenvalue weighted by Crippen LogP contribution is 2.35. The van der Waals surface area contributed by atoms with Crippen LogP contribution < -0.4 is 15.0 Å². The van der Waals surface area contributed by atoms with Gasteiger partial charge in [0.2, 0.25) is 0 Å². The van der Waals surface area contributed by atoms with Crippen LogP contribution in [0.5, 0.6) is 5.75 Å². The first-order chi connectivity index (χ1) is 15.9. The van der Waals surface area contributed by atoms with Crippen LogP contribution in [0.25, 0.3) is 5.57 Å². The van der Waals surface area contributed by atoms with Gasteiger partial charge in [-0.1, -0.05) is 54.4 Å². The number of rotatable bonds is 7. The minimum absolute atomic E-state index is 0.211. The Morgan fingerprint density at radius 2 is 1.61 bits per heavy atom. The smallest absolute Gasteiger partial charge is 0.282 e. The maximum Gasteiger partial charge on any atom is 0.282 e. The van der Waals surface area contributed by atoms with E-state index < -0.39 is 5.91 Å². The van der Waals surface area contributed by atoms with Crippen molar-refractivity contribution in [1.29, 1.82) is 0 Å². The van der Waals surface area contributed by atoms with E-state index in [9.17, 15) is 9.59 Å². The van der Waals surface area contributed by atoms with Crippen LogP contribution in [0, 0.1) is 13.8 Å². The van der Waals surface area contributed by atoms with E-state index in [1.807, 2.05) is 57.2 Å². The van der Waals surface area contributed by atoms with Crippen molar-refractivity contribution in [2.75, 3.05) is 16.8 Å². The summed E-state index contributed by atoms with van der Waals surface area (Å²) in [5.74, 6) is -0.0816. The van der Waals surface area contributed by atoms with Gasteiger partial charge in [0.1, 0.15) is 11.4 Å². The molecule has 0 bridgehead atoms. The maximum absolute atomic E-state index is 13.5. The summed E-state index contributed by atoms with van der Waals surface area (Å²) >= 11 is 6.28. The maximum atomic E-state index is 13.5. The summed E-state index contributed by atoms with van der Waals surface area (Å²) in [6.45, 7) is 6.51. The summed E-state index contributed by atoms with van der Waals surface area (Å²) in [7, 11) is 0. The van der Waals surface area contributed by atoms with Crippen LogP contribution in [-0.4, -0.2) is 18.4 Å². The average Bonchev–Trinajstić information content (AvgIpc) is 3.05. The lowest BCUT2D eigenvalue weighted by atomic mass is 10.0. The SMILES string of the molecule is CCCOc1ccc(C2=C(Nc3ccc(C)c(Cl)c3)C(=O)N(c3ccc(C)cc3)C2=O)cc1. The number of carbonyl (C=O) groups excluding carboxylic acids is 2. The molecule has 168 valence electrons. The zero-order valence-electron chi connectivity index (χ0n) is 18.8. The lowest BCUT2D eigenvalue weighted by Crippen LogP contribution is -2.32. The third kappa shape index (κ3) is 4.64. The minimum Gasteiger partial charge on any atom is -0.494 e. The molecule has 0 unspecified atom stereocenters. The Labute approximate surface area is 198 Å². The Hall–Kier alpha value is -3.57. The number of amides is 2. The second-order valence-corrected chi connectivity index (χ2v) is 8.40. The van der Waals surface area contributed by atoms with Gasteiger partial charge < -0.3 is 10.1 Å². The van der Waals surface area contributed by atoms with Gasteiger partial charge in [-0.15, -0.1) is 0 Å². The Morgan fingerprint density at radius 1 is 0.909 bits per heavy atom. The molecule has 4 rings (SSSR count). The van der Waals surface area contributed by atoms with Gasteiger partial charge in [0.25, 0.3) is 11.8 Å². The first kappa shape index (κ1) is 22.6. The van der Waals surface area contributed by atoms with Crippen LogP contribution in [0.2, 0.25) is 5.02 Å². The van der Waals surface area contributed by atoms with E-state index in [2.05, 4.69) is 5.32 Å². The number of carbonyl (C=O) groups is 2. The Morgan fingerprint density at radius 3 is 2.24 bits per heavy atom. The van der Waals surface area contributed by atoms with Gasteiger partial charge in [-0.05, 0) is 67.8 Å². The summed E-state index contributed by atoms with van der Waals surface area (Å²) in [5, 5.41) is 3.73. The fraction of sp³-hybridized carbons (Fsp3) is 0.185. The number of benzene rings is 3. The number of ether oxygens (including phenoxy) is 1. The molecule has 0 saturated carbocycles. The average molecular weight is 461 g/mol. The summed E-state index contributed by atoms with van der Waals surface area (Å²) < 4.78 is 5.66. The minimum atomic E-state index is -0.415. The number of nitrogens with one attached hydrogen (secondary N) is 1. The fourth-order valence-electron chi connectivity index (χ4n) is 3.59. The Balaban J connectivity index is 1.76. The van der Waals surface area contributed by atoms with Crippen molar-refractivity contribution in [2.45, 2.75) is 27.2 Å². The molecule has 0 fully saturated rings. The van der Waals surface area contributed by atoms with Crippen LogP contribution in [0.1, 0.15) is 30.0 Å². The normalized spacial score (nSPS) is 13.6. The molecule has 1 heterocycles. The molecule has 6 heteroatoms. The highest BCUT2D eigenvalue weighted by molar-refractivity contribution is 6.46. The van der Waals surface area contributed by atoms with Crippen molar-refractivity contribution in [3.8, 4) is 5.75 Å². The first-order valence-corrected chi connectivity index (χ1v) is 11.2. The van der Waals surface area contributed by atoms with Crippen LogP contribution >= 0.6 is 11.6 Å². The highest BCUT2D eigenvalue weighted by Gasteiger charge is 2.40. The Kier molecular flexibility index (Phi) is 6.52. The molecule has 1 aliphatic rings. The molecule has 1 N–H and O–H groups in total. The summed E-state index contributed by atoms with van der Waals surface area (Å²) in [6.07, 6.45) is 0.901. The van der Waals surface area contributed by atoms with E-state index in [0.717, 1.165) is 17.5 Å². The van der Waals surface area contributed by atoms with Crippen LogP contribution in [0.3, 0.4) is 0 Å². The van der Waals surface area contributed by atoms with Crippen molar-refractivity contribution in [1.82, 2.24) is 0 Å². The molecule has 33 heavy (non-hydrogen) atoms. The second-order valence-electron chi connectivity index (χ2n) is 7.99. The molecule has 3 aromatic rings. The highest BCUT2D eigenvalue weighted by atomic mass is 35.5. The summed E-state index contributed by atoms with van der Waals surface area (Å²) in [6, 6.07) is 20.0. The summed E-state index contributed by atoms with van der Waals surface area (Å²) in [4.78, 5) is 28.2. The van der Waals surface area contributed by atoms with Gasteiger partial charge >= 0.3 is 0 Å². The van der Waals surface area contributed by atoms with E-state index in [1.165, 1.54) is 4.90 Å². The van der Waals surface area contributed by atoms with E-state index in [4.69, 9.17) is 16.3 Å². The van der Waals surface area contributed by atoms with Gasteiger partial charge in [-0.25, -0.2) is 4.90 Å². The Bertz CT molecular complexity index is 1230. The van der Waals surface area contributed by atoms with Crippen molar-refractivity contribution in [3.63, 3.8) is 0 Å². The lowest BCUT2D eigenvalue weighted by molar-refractivity contribution is -0.120. The van der Waals surface area contributed by atoms with Crippen molar-refractivity contribution >= 4 is 40.4 Å². The number of hydrogen-bond acceptors (Lipinski definition) is 4. The van der Waals surface area contributed by atoms with Crippen LogP contribution in [0.4, 0.5) is 11.4 Å². The molecule has 0 aliphatic carbocycles. The molecule has 5 nitrogen and oxygen atoms in total. The van der Waals surface area contributed by atoms with Gasteiger partial charge in [0.05, 0.1) is 17.9 Å². The molecule has 0 aromatic heterocycles. The van der Waals surface area contributed by atoms with Gasteiger partial charge in [0.15, 0.2) is 0 Å². The molecular formula is C27H25ClN2O3. The van der Waals surface area contributed by atoms with Crippen molar-refractivity contribution in [2.24, 2.45) is 0 Å². The topological polar surface area (TPSA) is 58.6 Å². The van der Waals surface area contributed by atoms with Crippen molar-refractivity contribution in [3.05, 3.63) is 94.1 Å². The monoisotopic (exact) mass is 460 g/mol. The van der Waals surface area contributed by atoms with Crippen molar-refractivity contribution < 1.29 is 14.3 Å². The van der Waals surface area contributed by atoms with Gasteiger partial charge in [0, 0.05) is 10.7 Å². The third-order valence-electron chi connectivity index (χ3n) is 5.43. The third-order valence-corrected chi connectivity index (χ3v) is 5.84. The molecule has 2 amide bonds. The molecule has 3 aromatic carbocycles. The lowest BCUT2D eigenvalue weighted by Gasteiger charge is -2.15. The molecule has 0 saturated heterocycles. The predicted octanol–water partition coefficient (Wildman–Crippen LogP) is 6.14. The molecular weight excluding hydrogens is 436 g/mol. The molecule has 0 atom stereocenters. The molecule has 0 spiro atoms. The van der Waals surface area contributed by atoms with E-state index in [-0.39, 0.29) is 11.6 Å². The zero-order valence-corrected chi connectivity index (χ0v) is 19.6. The second kappa shape index (κ2) is 9.51.